The van der Waals surface area contributed by atoms with Crippen molar-refractivity contribution in [1.29, 1.82) is 0 Å². The summed E-state index contributed by atoms with van der Waals surface area (Å²) in [7, 11) is 0. The van der Waals surface area contributed by atoms with Crippen molar-refractivity contribution < 1.29 is 0 Å². The Labute approximate surface area is 109 Å². The van der Waals surface area contributed by atoms with Crippen molar-refractivity contribution in [1.82, 2.24) is 9.78 Å². The maximum Gasteiger partial charge on any atom is 0.150 e. The van der Waals surface area contributed by atoms with Gasteiger partial charge in [0.25, 0.3) is 0 Å². The number of aryl methyl sites for hydroxylation is 2. The van der Waals surface area contributed by atoms with Gasteiger partial charge in [0.15, 0.2) is 5.82 Å². The summed E-state index contributed by atoms with van der Waals surface area (Å²) in [4.78, 5) is 2.54. The van der Waals surface area contributed by atoms with Crippen LogP contribution in [0.3, 0.4) is 0 Å². The minimum absolute atomic E-state index is 0.711. The largest absolute Gasteiger partial charge is 0.394 e. The van der Waals surface area contributed by atoms with Gasteiger partial charge < -0.3 is 10.6 Å². The monoisotopic (exact) mass is 248 g/mol. The second-order valence-electron chi connectivity index (χ2n) is 5.73. The molecule has 1 aromatic rings. The average Bonchev–Trinajstić information content (AvgIpc) is 2.92. The van der Waals surface area contributed by atoms with E-state index in [4.69, 9.17) is 5.73 Å². The van der Waals surface area contributed by atoms with Gasteiger partial charge in [0.1, 0.15) is 0 Å². The fraction of sp³-hybridized carbons (Fsp3) is 0.786. The van der Waals surface area contributed by atoms with E-state index >= 15 is 0 Å². The van der Waals surface area contributed by atoms with E-state index < -0.39 is 0 Å². The normalized spacial score (nSPS) is 27.6. The Kier molecular flexibility index (Phi) is 2.96. The average molecular weight is 248 g/mol. The van der Waals surface area contributed by atoms with Gasteiger partial charge in [0, 0.05) is 19.1 Å². The molecule has 4 heteroatoms. The molecule has 4 nitrogen and oxygen atoms in total. The lowest BCUT2D eigenvalue weighted by molar-refractivity contribution is 0.340. The standard InChI is InChI=1S/C14H24N4/c1-3-18-14(13(15)10(2)16-18)17-9-8-11-6-4-5-7-12(11)17/h11-12H,3-9,15H2,1-2H3. The number of fused-ring (bicyclic) bond motifs is 1. The minimum atomic E-state index is 0.711. The predicted octanol–water partition coefficient (Wildman–Crippen LogP) is 2.56. The number of anilines is 2. The van der Waals surface area contributed by atoms with E-state index in [1.54, 1.807) is 0 Å². The van der Waals surface area contributed by atoms with Crippen LogP contribution in [0.4, 0.5) is 11.5 Å². The van der Waals surface area contributed by atoms with Crippen LogP contribution in [0.2, 0.25) is 0 Å². The molecule has 3 rings (SSSR count). The third kappa shape index (κ3) is 1.70. The van der Waals surface area contributed by atoms with E-state index in [9.17, 15) is 0 Å². The molecule has 0 spiro atoms. The fourth-order valence-electron chi connectivity index (χ4n) is 3.78. The lowest BCUT2D eigenvalue weighted by atomic mass is 9.85. The summed E-state index contributed by atoms with van der Waals surface area (Å²) in [5.41, 5.74) is 8.13. The number of rotatable bonds is 2. The topological polar surface area (TPSA) is 47.1 Å². The first-order chi connectivity index (χ1) is 8.72. The van der Waals surface area contributed by atoms with Gasteiger partial charge in [-0.05, 0) is 39.0 Å². The number of nitrogen functional groups attached to an aromatic ring is 1. The van der Waals surface area contributed by atoms with Crippen LogP contribution in [0.5, 0.6) is 0 Å². The van der Waals surface area contributed by atoms with E-state index in [0.717, 1.165) is 30.4 Å². The molecular weight excluding hydrogens is 224 g/mol. The zero-order valence-corrected chi connectivity index (χ0v) is 11.5. The Balaban J connectivity index is 1.95. The summed E-state index contributed by atoms with van der Waals surface area (Å²) in [6.07, 6.45) is 6.85. The van der Waals surface area contributed by atoms with Gasteiger partial charge in [0.2, 0.25) is 0 Å². The molecule has 2 N–H and O–H groups in total. The summed E-state index contributed by atoms with van der Waals surface area (Å²) in [5.74, 6) is 2.07. The van der Waals surface area contributed by atoms with Crippen molar-refractivity contribution in [2.24, 2.45) is 5.92 Å². The highest BCUT2D eigenvalue weighted by Gasteiger charge is 2.38. The molecule has 2 atom stereocenters. The second-order valence-corrected chi connectivity index (χ2v) is 5.73. The Morgan fingerprint density at radius 1 is 1.28 bits per heavy atom. The van der Waals surface area contributed by atoms with Crippen molar-refractivity contribution in [3.63, 3.8) is 0 Å². The highest BCUT2D eigenvalue weighted by molar-refractivity contribution is 5.67. The van der Waals surface area contributed by atoms with Crippen LogP contribution >= 0.6 is 0 Å². The zero-order valence-electron chi connectivity index (χ0n) is 11.5. The first-order valence-corrected chi connectivity index (χ1v) is 7.32. The SMILES string of the molecule is CCn1nc(C)c(N)c1N1CCC2CCCCC21. The molecule has 1 aliphatic heterocycles. The van der Waals surface area contributed by atoms with Crippen molar-refractivity contribution in [2.75, 3.05) is 17.2 Å². The third-order valence-electron chi connectivity index (χ3n) is 4.73. The molecule has 100 valence electrons. The molecule has 1 saturated heterocycles. The first kappa shape index (κ1) is 11.9. The smallest absolute Gasteiger partial charge is 0.150 e. The Bertz CT molecular complexity index is 437. The van der Waals surface area contributed by atoms with E-state index in [0.29, 0.717) is 6.04 Å². The molecule has 2 unspecified atom stereocenters. The molecule has 1 aromatic heterocycles. The van der Waals surface area contributed by atoms with E-state index in [1.807, 2.05) is 6.92 Å². The fourth-order valence-corrected chi connectivity index (χ4v) is 3.78. The number of hydrogen-bond donors (Lipinski definition) is 1. The van der Waals surface area contributed by atoms with Gasteiger partial charge in [-0.15, -0.1) is 0 Å². The zero-order chi connectivity index (χ0) is 12.7. The van der Waals surface area contributed by atoms with Crippen LogP contribution < -0.4 is 10.6 Å². The third-order valence-corrected chi connectivity index (χ3v) is 4.73. The highest BCUT2D eigenvalue weighted by Crippen LogP contribution is 2.41. The highest BCUT2D eigenvalue weighted by atomic mass is 15.4. The van der Waals surface area contributed by atoms with Gasteiger partial charge in [-0.25, -0.2) is 4.68 Å². The van der Waals surface area contributed by atoms with E-state index in [-0.39, 0.29) is 0 Å². The lowest BCUT2D eigenvalue weighted by Gasteiger charge is -2.33. The van der Waals surface area contributed by atoms with Crippen LogP contribution in [0, 0.1) is 12.8 Å². The summed E-state index contributed by atoms with van der Waals surface area (Å²) in [6, 6.07) is 0.711. The molecular formula is C14H24N4. The van der Waals surface area contributed by atoms with Crippen LogP contribution in [-0.4, -0.2) is 22.4 Å². The molecule has 2 heterocycles. The molecule has 0 bridgehead atoms. The van der Waals surface area contributed by atoms with E-state index in [2.05, 4.69) is 21.6 Å². The van der Waals surface area contributed by atoms with E-state index in [1.165, 1.54) is 37.9 Å². The Morgan fingerprint density at radius 3 is 2.83 bits per heavy atom. The lowest BCUT2D eigenvalue weighted by Crippen LogP contribution is -2.36. The van der Waals surface area contributed by atoms with Gasteiger partial charge in [0.05, 0.1) is 11.4 Å². The van der Waals surface area contributed by atoms with Crippen LogP contribution in [0.25, 0.3) is 0 Å². The number of nitrogens with zero attached hydrogens (tertiary/aromatic N) is 3. The molecule has 2 aliphatic rings. The second kappa shape index (κ2) is 4.48. The van der Waals surface area contributed by atoms with Crippen molar-refractivity contribution in [3.8, 4) is 0 Å². The molecule has 1 aliphatic carbocycles. The quantitative estimate of drug-likeness (QED) is 0.875. The van der Waals surface area contributed by atoms with Crippen LogP contribution in [0.15, 0.2) is 0 Å². The van der Waals surface area contributed by atoms with Gasteiger partial charge in [-0.2, -0.15) is 5.10 Å². The Hall–Kier alpha value is -1.19. The first-order valence-electron chi connectivity index (χ1n) is 7.32. The van der Waals surface area contributed by atoms with Gasteiger partial charge in [-0.3, -0.25) is 0 Å². The molecule has 0 aromatic carbocycles. The number of aromatic nitrogens is 2. The maximum absolute atomic E-state index is 6.26. The summed E-state index contributed by atoms with van der Waals surface area (Å²) in [5, 5.41) is 4.56. The molecule has 0 amide bonds. The summed E-state index contributed by atoms with van der Waals surface area (Å²) >= 11 is 0. The van der Waals surface area contributed by atoms with Crippen LogP contribution in [-0.2, 0) is 6.54 Å². The van der Waals surface area contributed by atoms with Gasteiger partial charge in [-0.1, -0.05) is 12.8 Å². The van der Waals surface area contributed by atoms with Crippen molar-refractivity contribution in [3.05, 3.63) is 5.69 Å². The maximum atomic E-state index is 6.26. The molecule has 2 fully saturated rings. The van der Waals surface area contributed by atoms with Crippen LogP contribution in [0.1, 0.15) is 44.7 Å². The van der Waals surface area contributed by atoms with Crippen molar-refractivity contribution >= 4 is 11.5 Å². The molecule has 0 radical (unpaired) electrons. The molecule has 18 heavy (non-hydrogen) atoms. The van der Waals surface area contributed by atoms with Gasteiger partial charge >= 0.3 is 0 Å². The summed E-state index contributed by atoms with van der Waals surface area (Å²) < 4.78 is 2.08. The number of hydrogen-bond acceptors (Lipinski definition) is 3. The van der Waals surface area contributed by atoms with Crippen molar-refractivity contribution in [2.45, 2.75) is 58.5 Å². The summed E-state index contributed by atoms with van der Waals surface area (Å²) in [6.45, 7) is 6.22. The predicted molar refractivity (Wildman–Crippen MR) is 74.8 cm³/mol. The Morgan fingerprint density at radius 2 is 2.06 bits per heavy atom. The minimum Gasteiger partial charge on any atom is -0.394 e. The molecule has 1 saturated carbocycles. The number of nitrogens with two attached hydrogens (primary N) is 1.